The first-order chi connectivity index (χ1) is 6.58. The number of aryl methyl sites for hydroxylation is 1. The van der Waals surface area contributed by atoms with E-state index in [0.29, 0.717) is 10.2 Å². The van der Waals surface area contributed by atoms with Gasteiger partial charge in [0.25, 0.3) is 0 Å². The van der Waals surface area contributed by atoms with Crippen molar-refractivity contribution in [2.45, 2.75) is 6.92 Å². The van der Waals surface area contributed by atoms with Gasteiger partial charge in [0, 0.05) is 0 Å². The van der Waals surface area contributed by atoms with E-state index in [1.165, 1.54) is 17.4 Å². The molecule has 72 valence electrons. The number of rotatable bonds is 1. The lowest BCUT2D eigenvalue weighted by Crippen LogP contribution is -1.98. The molecular weight excluding hydrogens is 205 g/mol. The van der Waals surface area contributed by atoms with Crippen LogP contribution >= 0.6 is 11.3 Å². The highest BCUT2D eigenvalue weighted by atomic mass is 32.1. The van der Waals surface area contributed by atoms with Crippen LogP contribution < -0.4 is 0 Å². The molecule has 0 saturated heterocycles. The van der Waals surface area contributed by atoms with E-state index in [1.54, 1.807) is 6.92 Å². The number of thiazole rings is 1. The van der Waals surface area contributed by atoms with Gasteiger partial charge in [0.05, 0.1) is 20.8 Å². The first kappa shape index (κ1) is 9.08. The van der Waals surface area contributed by atoms with E-state index in [2.05, 4.69) is 4.98 Å². The van der Waals surface area contributed by atoms with Crippen LogP contribution in [0.4, 0.5) is 4.39 Å². The molecule has 0 fully saturated rings. The number of hydrogen-bond acceptors (Lipinski definition) is 3. The Hall–Kier alpha value is -1.49. The van der Waals surface area contributed by atoms with Crippen molar-refractivity contribution in [1.29, 1.82) is 0 Å². The Balaban J connectivity index is 2.85. The summed E-state index contributed by atoms with van der Waals surface area (Å²) in [7, 11) is 0. The molecule has 0 spiro atoms. The fraction of sp³-hybridized carbons (Fsp3) is 0.111. The van der Waals surface area contributed by atoms with Crippen LogP contribution in [0.3, 0.4) is 0 Å². The Morgan fingerprint density at radius 2 is 2.29 bits per heavy atom. The Kier molecular flexibility index (Phi) is 1.96. The normalized spacial score (nSPS) is 10.7. The van der Waals surface area contributed by atoms with Gasteiger partial charge in [-0.2, -0.15) is 0 Å². The zero-order valence-electron chi connectivity index (χ0n) is 7.24. The average molecular weight is 211 g/mol. The molecule has 0 aliphatic carbocycles. The maximum absolute atomic E-state index is 13.0. The third kappa shape index (κ3) is 1.35. The number of aromatic carboxylic acids is 1. The predicted octanol–water partition coefficient (Wildman–Crippen LogP) is 2.44. The van der Waals surface area contributed by atoms with Crippen LogP contribution in [-0.2, 0) is 0 Å². The maximum Gasteiger partial charge on any atom is 0.338 e. The van der Waals surface area contributed by atoms with Crippen molar-refractivity contribution in [3.8, 4) is 0 Å². The quantitative estimate of drug-likeness (QED) is 0.788. The van der Waals surface area contributed by atoms with Crippen molar-refractivity contribution in [2.24, 2.45) is 0 Å². The Labute approximate surface area is 82.8 Å². The Morgan fingerprint density at radius 3 is 2.93 bits per heavy atom. The van der Waals surface area contributed by atoms with E-state index in [1.807, 2.05) is 0 Å². The number of fused-ring (bicyclic) bond motifs is 1. The predicted molar refractivity (Wildman–Crippen MR) is 51.3 cm³/mol. The molecule has 1 aromatic heterocycles. The van der Waals surface area contributed by atoms with E-state index < -0.39 is 11.8 Å². The number of halogens is 1. The average Bonchev–Trinajstić information content (AvgIpc) is 2.42. The van der Waals surface area contributed by atoms with Crippen LogP contribution in [0.5, 0.6) is 0 Å². The summed E-state index contributed by atoms with van der Waals surface area (Å²) in [6, 6.07) is 2.29. The number of nitrogens with zero attached hydrogens (tertiary/aromatic N) is 1. The largest absolute Gasteiger partial charge is 0.478 e. The van der Waals surface area contributed by atoms with Gasteiger partial charge in [0.15, 0.2) is 0 Å². The summed E-state index contributed by atoms with van der Waals surface area (Å²) in [4.78, 5) is 14.8. The minimum atomic E-state index is -1.15. The van der Waals surface area contributed by atoms with Crippen LogP contribution in [0.2, 0.25) is 0 Å². The highest BCUT2D eigenvalue weighted by Gasteiger charge is 2.13. The third-order valence-electron chi connectivity index (χ3n) is 1.80. The summed E-state index contributed by atoms with van der Waals surface area (Å²) in [6.45, 7) is 1.76. The van der Waals surface area contributed by atoms with Crippen LogP contribution in [-0.4, -0.2) is 16.1 Å². The summed E-state index contributed by atoms with van der Waals surface area (Å²) in [5.74, 6) is -1.70. The molecule has 0 bridgehead atoms. The van der Waals surface area contributed by atoms with Crippen LogP contribution in [0.25, 0.3) is 10.2 Å². The number of aromatic nitrogens is 1. The topological polar surface area (TPSA) is 50.2 Å². The van der Waals surface area contributed by atoms with Crippen molar-refractivity contribution in [1.82, 2.24) is 4.98 Å². The van der Waals surface area contributed by atoms with Gasteiger partial charge in [0.1, 0.15) is 5.82 Å². The highest BCUT2D eigenvalue weighted by molar-refractivity contribution is 7.18. The summed E-state index contributed by atoms with van der Waals surface area (Å²) in [6.07, 6.45) is 0. The number of carboxylic acids is 1. The molecule has 0 unspecified atom stereocenters. The monoisotopic (exact) mass is 211 g/mol. The molecule has 0 radical (unpaired) electrons. The molecule has 0 aliphatic rings. The molecule has 3 nitrogen and oxygen atoms in total. The fourth-order valence-electron chi connectivity index (χ4n) is 1.27. The highest BCUT2D eigenvalue weighted by Crippen LogP contribution is 2.25. The number of benzene rings is 1. The van der Waals surface area contributed by atoms with E-state index in [4.69, 9.17) is 5.11 Å². The van der Waals surface area contributed by atoms with E-state index in [9.17, 15) is 9.18 Å². The summed E-state index contributed by atoms with van der Waals surface area (Å²) < 4.78 is 13.6. The SMILES string of the molecule is Cc1nc2c(C(=O)O)cc(F)cc2s1. The molecular formula is C9H6FNO2S. The van der Waals surface area contributed by atoms with E-state index in [-0.39, 0.29) is 5.56 Å². The standard InChI is InChI=1S/C9H6FNO2S/c1-4-11-8-6(9(12)13)2-5(10)3-7(8)14-4/h2-3H,1H3,(H,12,13). The van der Waals surface area contributed by atoms with Crippen molar-refractivity contribution in [3.63, 3.8) is 0 Å². The molecule has 5 heteroatoms. The van der Waals surface area contributed by atoms with E-state index in [0.717, 1.165) is 11.1 Å². The molecule has 0 amide bonds. The van der Waals surface area contributed by atoms with Gasteiger partial charge in [0.2, 0.25) is 0 Å². The Bertz CT molecular complexity index is 521. The lowest BCUT2D eigenvalue weighted by Gasteiger charge is -1.95. The molecule has 2 aromatic rings. The lowest BCUT2D eigenvalue weighted by atomic mass is 10.2. The van der Waals surface area contributed by atoms with Crippen LogP contribution in [0, 0.1) is 12.7 Å². The number of hydrogen-bond donors (Lipinski definition) is 1. The van der Waals surface area contributed by atoms with Gasteiger partial charge >= 0.3 is 5.97 Å². The van der Waals surface area contributed by atoms with Gasteiger partial charge in [-0.05, 0) is 19.1 Å². The number of carboxylic acid groups (broad SMARTS) is 1. The first-order valence-electron chi connectivity index (χ1n) is 3.88. The van der Waals surface area contributed by atoms with Gasteiger partial charge in [-0.25, -0.2) is 14.2 Å². The second-order valence-electron chi connectivity index (χ2n) is 2.84. The molecule has 1 aromatic carbocycles. The molecule has 0 atom stereocenters. The van der Waals surface area contributed by atoms with E-state index >= 15 is 0 Å². The third-order valence-corrected chi connectivity index (χ3v) is 2.71. The lowest BCUT2D eigenvalue weighted by molar-refractivity contribution is 0.0698. The molecule has 0 saturated carbocycles. The number of carbonyl (C=O) groups is 1. The second kappa shape index (κ2) is 3.02. The zero-order chi connectivity index (χ0) is 10.3. The molecule has 1 heterocycles. The summed E-state index contributed by atoms with van der Waals surface area (Å²) in [5.41, 5.74) is 0.283. The summed E-state index contributed by atoms with van der Waals surface area (Å²) >= 11 is 1.28. The second-order valence-corrected chi connectivity index (χ2v) is 4.07. The molecule has 0 aliphatic heterocycles. The van der Waals surface area contributed by atoms with Gasteiger partial charge < -0.3 is 5.11 Å². The fourth-order valence-corrected chi connectivity index (χ4v) is 2.15. The zero-order valence-corrected chi connectivity index (χ0v) is 8.06. The summed E-state index contributed by atoms with van der Waals surface area (Å²) in [5, 5.41) is 9.54. The maximum atomic E-state index is 13.0. The molecule has 14 heavy (non-hydrogen) atoms. The van der Waals surface area contributed by atoms with Crippen molar-refractivity contribution >= 4 is 27.5 Å². The van der Waals surface area contributed by atoms with Crippen LogP contribution in [0.15, 0.2) is 12.1 Å². The smallest absolute Gasteiger partial charge is 0.338 e. The van der Waals surface area contributed by atoms with Gasteiger partial charge in [-0.3, -0.25) is 0 Å². The Morgan fingerprint density at radius 1 is 1.57 bits per heavy atom. The molecule has 1 N–H and O–H groups in total. The minimum absolute atomic E-state index is 0.0793. The van der Waals surface area contributed by atoms with Gasteiger partial charge in [-0.1, -0.05) is 0 Å². The molecule has 2 rings (SSSR count). The van der Waals surface area contributed by atoms with Crippen molar-refractivity contribution in [2.75, 3.05) is 0 Å². The van der Waals surface area contributed by atoms with Crippen LogP contribution in [0.1, 0.15) is 15.4 Å². The van der Waals surface area contributed by atoms with Gasteiger partial charge in [-0.15, -0.1) is 11.3 Å². The van der Waals surface area contributed by atoms with Crippen molar-refractivity contribution in [3.05, 3.63) is 28.5 Å². The minimum Gasteiger partial charge on any atom is -0.478 e. The first-order valence-corrected chi connectivity index (χ1v) is 4.69. The van der Waals surface area contributed by atoms with Crippen molar-refractivity contribution < 1.29 is 14.3 Å².